The van der Waals surface area contributed by atoms with Crippen LogP contribution in [0.3, 0.4) is 0 Å². The number of halogens is 2. The van der Waals surface area contributed by atoms with Gasteiger partial charge in [-0.1, -0.05) is 66.2 Å². The Hall–Kier alpha value is -3.97. The van der Waals surface area contributed by atoms with Crippen LogP contribution in [0.1, 0.15) is 35.1 Å². The summed E-state index contributed by atoms with van der Waals surface area (Å²) in [5.41, 5.74) is 3.10. The van der Waals surface area contributed by atoms with Gasteiger partial charge >= 0.3 is 0 Å². The summed E-state index contributed by atoms with van der Waals surface area (Å²) in [6.07, 6.45) is 2.54. The van der Waals surface area contributed by atoms with Gasteiger partial charge in [-0.15, -0.1) is 0 Å². The van der Waals surface area contributed by atoms with Crippen molar-refractivity contribution in [2.45, 2.75) is 18.9 Å². The van der Waals surface area contributed by atoms with E-state index >= 15 is 0 Å². The molecule has 4 aromatic rings. The first-order valence-corrected chi connectivity index (χ1v) is 11.9. The van der Waals surface area contributed by atoms with Crippen molar-refractivity contribution in [3.8, 4) is 22.5 Å². The van der Waals surface area contributed by atoms with Crippen molar-refractivity contribution < 1.29 is 18.4 Å². The van der Waals surface area contributed by atoms with E-state index in [2.05, 4.69) is 15.6 Å². The van der Waals surface area contributed by atoms with E-state index in [4.69, 9.17) is 16.0 Å². The molecule has 2 N–H and O–H groups in total. The van der Waals surface area contributed by atoms with Crippen LogP contribution in [-0.2, 0) is 4.79 Å². The number of amides is 2. The number of rotatable bonds is 10. The molecule has 0 aliphatic carbocycles. The number of oxazole rings is 1. The van der Waals surface area contributed by atoms with Crippen LogP contribution < -0.4 is 10.6 Å². The van der Waals surface area contributed by atoms with Crippen molar-refractivity contribution in [1.82, 2.24) is 15.6 Å². The maximum absolute atomic E-state index is 13.2. The second-order valence-electron chi connectivity index (χ2n) is 8.17. The lowest BCUT2D eigenvalue weighted by molar-refractivity contribution is -0.121. The molecule has 4 rings (SSSR count). The molecule has 0 radical (unpaired) electrons. The Morgan fingerprint density at radius 1 is 0.944 bits per heavy atom. The van der Waals surface area contributed by atoms with Crippen LogP contribution in [0.25, 0.3) is 22.5 Å². The Morgan fingerprint density at radius 3 is 2.42 bits per heavy atom. The first-order chi connectivity index (χ1) is 17.5. The number of carbonyl (C=O) groups is 2. The number of alkyl halides is 1. The summed E-state index contributed by atoms with van der Waals surface area (Å²) in [7, 11) is 0. The fraction of sp³-hybridized carbons (Fsp3) is 0.179. The minimum atomic E-state index is -1.07. The highest BCUT2D eigenvalue weighted by Gasteiger charge is 2.21. The molecule has 0 saturated heterocycles. The monoisotopic (exact) mass is 505 g/mol. The normalized spacial score (nSPS) is 11.6. The molecule has 3 aromatic carbocycles. The second kappa shape index (κ2) is 12.1. The van der Waals surface area contributed by atoms with E-state index in [1.54, 1.807) is 24.4 Å². The number of carbonyl (C=O) groups excluding carboxylic acids is 2. The molecule has 0 bridgehead atoms. The summed E-state index contributed by atoms with van der Waals surface area (Å²) >= 11 is 6.13. The van der Waals surface area contributed by atoms with E-state index in [0.29, 0.717) is 35.1 Å². The van der Waals surface area contributed by atoms with Crippen LogP contribution in [0.15, 0.2) is 89.5 Å². The molecule has 1 heterocycles. The summed E-state index contributed by atoms with van der Waals surface area (Å²) in [4.78, 5) is 28.8. The molecule has 8 heteroatoms. The predicted molar refractivity (Wildman–Crippen MR) is 137 cm³/mol. The van der Waals surface area contributed by atoms with E-state index in [1.165, 1.54) is 0 Å². The van der Waals surface area contributed by atoms with Crippen molar-refractivity contribution in [1.29, 1.82) is 0 Å². The van der Waals surface area contributed by atoms with Gasteiger partial charge in [-0.05, 0) is 48.2 Å². The fourth-order valence-corrected chi connectivity index (χ4v) is 3.96. The summed E-state index contributed by atoms with van der Waals surface area (Å²) < 4.78 is 18.4. The topological polar surface area (TPSA) is 84.2 Å². The van der Waals surface area contributed by atoms with Crippen LogP contribution in [0, 0.1) is 0 Å². The molecule has 0 fully saturated rings. The summed E-state index contributed by atoms with van der Waals surface area (Å²) in [6.45, 7) is -0.797. The van der Waals surface area contributed by atoms with E-state index in [0.717, 1.165) is 16.7 Å². The highest BCUT2D eigenvalue weighted by Crippen LogP contribution is 2.27. The maximum atomic E-state index is 13.2. The van der Waals surface area contributed by atoms with Gasteiger partial charge in [0.25, 0.3) is 11.8 Å². The van der Waals surface area contributed by atoms with Gasteiger partial charge < -0.3 is 15.1 Å². The Kier molecular flexibility index (Phi) is 8.47. The molecule has 1 aromatic heterocycles. The van der Waals surface area contributed by atoms with E-state index in [9.17, 15) is 14.0 Å². The SMILES string of the molecule is O=C(CF)NCCC[C@H](NC(=O)c1cccc(-c2cccc(Cl)c2)c1)c1ncc(-c2ccccc2)o1. The second-order valence-corrected chi connectivity index (χ2v) is 8.61. The molecule has 6 nitrogen and oxygen atoms in total. The zero-order chi connectivity index (χ0) is 25.3. The summed E-state index contributed by atoms with van der Waals surface area (Å²) in [5.74, 6) is -0.0319. The number of benzene rings is 3. The molecule has 0 saturated carbocycles. The third-order valence-corrected chi connectivity index (χ3v) is 5.82. The van der Waals surface area contributed by atoms with Crippen LogP contribution in [-0.4, -0.2) is 30.0 Å². The molecule has 0 aliphatic heterocycles. The minimum absolute atomic E-state index is 0.269. The maximum Gasteiger partial charge on any atom is 0.251 e. The fourth-order valence-electron chi connectivity index (χ4n) is 3.77. The Morgan fingerprint density at radius 2 is 1.67 bits per heavy atom. The third-order valence-electron chi connectivity index (χ3n) is 5.58. The lowest BCUT2D eigenvalue weighted by Crippen LogP contribution is -2.30. The number of hydrogen-bond donors (Lipinski definition) is 2. The van der Waals surface area contributed by atoms with Crippen molar-refractivity contribution >= 4 is 23.4 Å². The van der Waals surface area contributed by atoms with Crippen LogP contribution >= 0.6 is 11.6 Å². The number of hydrogen-bond acceptors (Lipinski definition) is 4. The lowest BCUT2D eigenvalue weighted by atomic mass is 10.0. The molecule has 0 spiro atoms. The van der Waals surface area contributed by atoms with Crippen LogP contribution in [0.5, 0.6) is 0 Å². The molecular formula is C28H25ClFN3O3. The Balaban J connectivity index is 1.52. The minimum Gasteiger partial charge on any atom is -0.438 e. The standard InChI is InChI=1S/C28H25ClFN3O3/c29-23-12-5-10-21(16-23)20-9-4-11-22(15-20)27(35)33-24(13-6-14-31-26(34)17-30)28-32-18-25(36-28)19-7-2-1-3-8-19/h1-5,7-12,15-16,18,24H,6,13-14,17H2,(H,31,34)(H,33,35)/t24-/m0/s1. The van der Waals surface area contributed by atoms with Gasteiger partial charge in [-0.2, -0.15) is 0 Å². The summed E-state index contributed by atoms with van der Waals surface area (Å²) in [6, 6.07) is 23.6. The average molecular weight is 506 g/mol. The quantitative estimate of drug-likeness (QED) is 0.259. The van der Waals surface area contributed by atoms with E-state index < -0.39 is 18.6 Å². The lowest BCUT2D eigenvalue weighted by Gasteiger charge is -2.16. The number of nitrogens with zero attached hydrogens (tertiary/aromatic N) is 1. The van der Waals surface area contributed by atoms with Gasteiger partial charge in [-0.3, -0.25) is 9.59 Å². The zero-order valence-electron chi connectivity index (χ0n) is 19.4. The molecule has 2 amide bonds. The van der Waals surface area contributed by atoms with E-state index in [-0.39, 0.29) is 12.5 Å². The zero-order valence-corrected chi connectivity index (χ0v) is 20.2. The predicted octanol–water partition coefficient (Wildman–Crippen LogP) is 6.00. The van der Waals surface area contributed by atoms with Crippen molar-refractivity contribution in [3.05, 3.63) is 102 Å². The van der Waals surface area contributed by atoms with Crippen molar-refractivity contribution in [2.75, 3.05) is 13.2 Å². The van der Waals surface area contributed by atoms with Crippen molar-refractivity contribution in [2.24, 2.45) is 0 Å². The van der Waals surface area contributed by atoms with Gasteiger partial charge in [0.1, 0.15) is 6.04 Å². The van der Waals surface area contributed by atoms with Crippen molar-refractivity contribution in [3.63, 3.8) is 0 Å². The smallest absolute Gasteiger partial charge is 0.251 e. The van der Waals surface area contributed by atoms with E-state index in [1.807, 2.05) is 60.7 Å². The van der Waals surface area contributed by atoms with Crippen LogP contribution in [0.4, 0.5) is 4.39 Å². The number of nitrogens with one attached hydrogen (secondary N) is 2. The first-order valence-electron chi connectivity index (χ1n) is 11.5. The number of aromatic nitrogens is 1. The first kappa shape index (κ1) is 25.1. The largest absolute Gasteiger partial charge is 0.438 e. The van der Waals surface area contributed by atoms with Gasteiger partial charge in [-0.25, -0.2) is 9.37 Å². The molecule has 184 valence electrons. The Bertz CT molecular complexity index is 1330. The molecule has 36 heavy (non-hydrogen) atoms. The highest BCUT2D eigenvalue weighted by molar-refractivity contribution is 6.30. The molecule has 1 atom stereocenters. The van der Waals surface area contributed by atoms with Crippen LogP contribution in [0.2, 0.25) is 5.02 Å². The molecule has 0 unspecified atom stereocenters. The summed E-state index contributed by atoms with van der Waals surface area (Å²) in [5, 5.41) is 6.11. The van der Waals surface area contributed by atoms with Gasteiger partial charge in [0.15, 0.2) is 12.4 Å². The van der Waals surface area contributed by atoms with Gasteiger partial charge in [0, 0.05) is 22.7 Å². The Labute approximate surface area is 213 Å². The molecular weight excluding hydrogens is 481 g/mol. The average Bonchev–Trinajstić information content (AvgIpc) is 3.41. The van der Waals surface area contributed by atoms with Gasteiger partial charge in [0.05, 0.1) is 6.20 Å². The third kappa shape index (κ3) is 6.58. The molecule has 0 aliphatic rings. The highest BCUT2D eigenvalue weighted by atomic mass is 35.5. The van der Waals surface area contributed by atoms with Gasteiger partial charge in [0.2, 0.25) is 5.89 Å².